The molecule has 1 fully saturated rings. The topological polar surface area (TPSA) is 42.1 Å². The van der Waals surface area contributed by atoms with E-state index in [1.807, 2.05) is 0 Å². The van der Waals surface area contributed by atoms with Gasteiger partial charge in [-0.15, -0.1) is 0 Å². The number of nitrogens with zero attached hydrogens (tertiary/aromatic N) is 2. The first-order valence-electron chi connectivity index (χ1n) is 8.05. The van der Waals surface area contributed by atoms with Gasteiger partial charge < -0.3 is 10.6 Å². The molecule has 0 saturated carbocycles. The molecule has 1 aromatic heterocycles. The standard InChI is InChI=1S/C18H25N3/c1-13-10-16-12-15(6-5-7-19)18(21-8-3-4-9-21)20-17(16)11-14(13)2/h10-12H,3-9,19H2,1-2H3. The summed E-state index contributed by atoms with van der Waals surface area (Å²) < 4.78 is 0. The van der Waals surface area contributed by atoms with Crippen LogP contribution in [0.25, 0.3) is 10.9 Å². The Bertz CT molecular complexity index is 642. The summed E-state index contributed by atoms with van der Waals surface area (Å²) in [5, 5.41) is 1.26. The highest BCUT2D eigenvalue weighted by molar-refractivity contribution is 5.83. The van der Waals surface area contributed by atoms with Gasteiger partial charge in [0.25, 0.3) is 0 Å². The number of hydrogen-bond acceptors (Lipinski definition) is 3. The zero-order valence-corrected chi connectivity index (χ0v) is 13.2. The molecule has 1 aliphatic heterocycles. The Morgan fingerprint density at radius 2 is 1.81 bits per heavy atom. The molecular weight excluding hydrogens is 258 g/mol. The van der Waals surface area contributed by atoms with Crippen molar-refractivity contribution in [2.24, 2.45) is 5.73 Å². The maximum Gasteiger partial charge on any atom is 0.132 e. The molecule has 0 radical (unpaired) electrons. The predicted molar refractivity (Wildman–Crippen MR) is 90.0 cm³/mol. The maximum absolute atomic E-state index is 5.70. The van der Waals surface area contributed by atoms with Crippen LogP contribution >= 0.6 is 0 Å². The molecule has 2 aromatic rings. The van der Waals surface area contributed by atoms with E-state index in [0.29, 0.717) is 0 Å². The monoisotopic (exact) mass is 283 g/mol. The second kappa shape index (κ2) is 6.02. The first-order chi connectivity index (χ1) is 10.2. The number of aryl methyl sites for hydroxylation is 3. The Balaban J connectivity index is 2.10. The van der Waals surface area contributed by atoms with Crippen molar-refractivity contribution in [2.75, 3.05) is 24.5 Å². The molecule has 3 nitrogen and oxygen atoms in total. The van der Waals surface area contributed by atoms with Gasteiger partial charge in [0, 0.05) is 18.5 Å². The maximum atomic E-state index is 5.70. The fourth-order valence-corrected chi connectivity index (χ4v) is 3.15. The van der Waals surface area contributed by atoms with Gasteiger partial charge in [-0.1, -0.05) is 0 Å². The van der Waals surface area contributed by atoms with Gasteiger partial charge in [0.2, 0.25) is 0 Å². The van der Waals surface area contributed by atoms with Crippen molar-refractivity contribution < 1.29 is 0 Å². The Morgan fingerprint density at radius 3 is 2.52 bits per heavy atom. The van der Waals surface area contributed by atoms with Crippen molar-refractivity contribution in [1.29, 1.82) is 0 Å². The highest BCUT2D eigenvalue weighted by atomic mass is 15.2. The molecule has 1 saturated heterocycles. The lowest BCUT2D eigenvalue weighted by molar-refractivity contribution is 0.818. The largest absolute Gasteiger partial charge is 0.356 e. The molecule has 1 aromatic carbocycles. The Kier molecular flexibility index (Phi) is 4.11. The summed E-state index contributed by atoms with van der Waals surface area (Å²) in [7, 11) is 0. The molecule has 0 bridgehead atoms. The summed E-state index contributed by atoms with van der Waals surface area (Å²) >= 11 is 0. The highest BCUT2D eigenvalue weighted by Gasteiger charge is 2.18. The molecule has 0 unspecified atom stereocenters. The Morgan fingerprint density at radius 1 is 1.10 bits per heavy atom. The Labute approximate surface area is 127 Å². The van der Waals surface area contributed by atoms with Gasteiger partial charge in [-0.25, -0.2) is 4.98 Å². The first kappa shape index (κ1) is 14.3. The number of aromatic nitrogens is 1. The number of hydrogen-bond donors (Lipinski definition) is 1. The number of fused-ring (bicyclic) bond motifs is 1. The van der Waals surface area contributed by atoms with E-state index in [1.165, 1.54) is 40.7 Å². The molecule has 3 heteroatoms. The molecule has 0 atom stereocenters. The first-order valence-corrected chi connectivity index (χ1v) is 8.05. The van der Waals surface area contributed by atoms with E-state index in [-0.39, 0.29) is 0 Å². The molecule has 2 heterocycles. The average molecular weight is 283 g/mol. The molecular formula is C18H25N3. The predicted octanol–water partition coefficient (Wildman–Crippen LogP) is 3.34. The fourth-order valence-electron chi connectivity index (χ4n) is 3.15. The van der Waals surface area contributed by atoms with Gasteiger partial charge in [0.1, 0.15) is 5.82 Å². The van der Waals surface area contributed by atoms with Crippen LogP contribution in [-0.4, -0.2) is 24.6 Å². The lowest BCUT2D eigenvalue weighted by Gasteiger charge is -2.21. The molecule has 0 aliphatic carbocycles. The highest BCUT2D eigenvalue weighted by Crippen LogP contribution is 2.28. The molecule has 0 amide bonds. The van der Waals surface area contributed by atoms with Crippen molar-refractivity contribution in [3.8, 4) is 0 Å². The fraction of sp³-hybridized carbons (Fsp3) is 0.500. The van der Waals surface area contributed by atoms with E-state index in [1.54, 1.807) is 0 Å². The summed E-state index contributed by atoms with van der Waals surface area (Å²) in [6.45, 7) is 7.35. The zero-order valence-electron chi connectivity index (χ0n) is 13.2. The van der Waals surface area contributed by atoms with E-state index < -0.39 is 0 Å². The van der Waals surface area contributed by atoms with Crippen LogP contribution in [0, 0.1) is 13.8 Å². The number of anilines is 1. The lowest BCUT2D eigenvalue weighted by Crippen LogP contribution is -2.21. The molecule has 0 spiro atoms. The zero-order chi connectivity index (χ0) is 14.8. The number of rotatable bonds is 4. The van der Waals surface area contributed by atoms with Crippen molar-refractivity contribution in [3.05, 3.63) is 34.9 Å². The summed E-state index contributed by atoms with van der Waals surface area (Å²) in [6.07, 6.45) is 4.61. The van der Waals surface area contributed by atoms with Crippen LogP contribution in [0.5, 0.6) is 0 Å². The molecule has 21 heavy (non-hydrogen) atoms. The second-order valence-electron chi connectivity index (χ2n) is 6.19. The van der Waals surface area contributed by atoms with Gasteiger partial charge in [0.15, 0.2) is 0 Å². The summed E-state index contributed by atoms with van der Waals surface area (Å²) in [4.78, 5) is 7.44. The quantitative estimate of drug-likeness (QED) is 0.935. The van der Waals surface area contributed by atoms with Crippen LogP contribution in [-0.2, 0) is 6.42 Å². The van der Waals surface area contributed by atoms with Crippen LogP contribution in [0.15, 0.2) is 18.2 Å². The van der Waals surface area contributed by atoms with E-state index in [2.05, 4.69) is 36.9 Å². The Hall–Kier alpha value is -1.61. The van der Waals surface area contributed by atoms with Crippen LogP contribution in [0.1, 0.15) is 36.0 Å². The van der Waals surface area contributed by atoms with Gasteiger partial charge in [0.05, 0.1) is 5.52 Å². The third-order valence-corrected chi connectivity index (χ3v) is 4.54. The van der Waals surface area contributed by atoms with Crippen molar-refractivity contribution in [3.63, 3.8) is 0 Å². The van der Waals surface area contributed by atoms with Gasteiger partial charge in [-0.3, -0.25) is 0 Å². The number of benzene rings is 1. The van der Waals surface area contributed by atoms with E-state index in [9.17, 15) is 0 Å². The summed E-state index contributed by atoms with van der Waals surface area (Å²) in [5.74, 6) is 1.19. The van der Waals surface area contributed by atoms with Crippen LogP contribution < -0.4 is 10.6 Å². The van der Waals surface area contributed by atoms with Gasteiger partial charge in [-0.05, 0) is 81.0 Å². The molecule has 3 rings (SSSR count). The van der Waals surface area contributed by atoms with Gasteiger partial charge >= 0.3 is 0 Å². The van der Waals surface area contributed by atoms with Gasteiger partial charge in [-0.2, -0.15) is 0 Å². The molecule has 1 aliphatic rings. The normalized spacial score (nSPS) is 15.1. The summed E-state index contributed by atoms with van der Waals surface area (Å²) in [6, 6.07) is 6.81. The number of pyridine rings is 1. The van der Waals surface area contributed by atoms with Crippen molar-refractivity contribution >= 4 is 16.7 Å². The lowest BCUT2D eigenvalue weighted by atomic mass is 10.0. The van der Waals surface area contributed by atoms with Crippen LogP contribution in [0.2, 0.25) is 0 Å². The minimum absolute atomic E-state index is 0.740. The smallest absolute Gasteiger partial charge is 0.132 e. The minimum atomic E-state index is 0.740. The number of nitrogens with two attached hydrogens (primary N) is 1. The van der Waals surface area contributed by atoms with Crippen LogP contribution in [0.4, 0.5) is 5.82 Å². The van der Waals surface area contributed by atoms with E-state index in [4.69, 9.17) is 10.7 Å². The van der Waals surface area contributed by atoms with Crippen molar-refractivity contribution in [1.82, 2.24) is 4.98 Å². The molecule has 2 N–H and O–H groups in total. The van der Waals surface area contributed by atoms with E-state index in [0.717, 1.165) is 38.0 Å². The average Bonchev–Trinajstić information content (AvgIpc) is 3.00. The molecule has 112 valence electrons. The third-order valence-electron chi connectivity index (χ3n) is 4.54. The SMILES string of the molecule is Cc1cc2cc(CCCN)c(N3CCCC3)nc2cc1C. The summed E-state index contributed by atoms with van der Waals surface area (Å²) in [5.41, 5.74) is 10.8. The minimum Gasteiger partial charge on any atom is -0.356 e. The van der Waals surface area contributed by atoms with E-state index >= 15 is 0 Å². The van der Waals surface area contributed by atoms with Crippen LogP contribution in [0.3, 0.4) is 0 Å². The van der Waals surface area contributed by atoms with Crippen molar-refractivity contribution in [2.45, 2.75) is 39.5 Å². The third kappa shape index (κ3) is 2.88. The second-order valence-corrected chi connectivity index (χ2v) is 6.19.